The van der Waals surface area contributed by atoms with Gasteiger partial charge in [0.1, 0.15) is 5.52 Å². The van der Waals surface area contributed by atoms with E-state index in [1.165, 1.54) is 0 Å². The molecule has 2 N–H and O–H groups in total. The number of carbonyl (C=O) groups is 2. The lowest BCUT2D eigenvalue weighted by atomic mass is 10.1. The number of amides is 2. The van der Waals surface area contributed by atoms with E-state index in [-0.39, 0.29) is 24.8 Å². The molecule has 3 aromatic rings. The molecule has 0 unspecified atom stereocenters. The molecule has 0 aliphatic rings. The first kappa shape index (κ1) is 15.6. The second-order valence-corrected chi connectivity index (χ2v) is 5.15. The monoisotopic (exact) mass is 320 g/mol. The summed E-state index contributed by atoms with van der Waals surface area (Å²) in [6.07, 6.45) is 3.32. The molecule has 6 heteroatoms. The van der Waals surface area contributed by atoms with Crippen LogP contribution in [0.1, 0.15) is 16.8 Å². The first-order valence-corrected chi connectivity index (χ1v) is 7.57. The fourth-order valence-electron chi connectivity index (χ4n) is 2.31. The Morgan fingerprint density at radius 3 is 2.54 bits per heavy atom. The SMILES string of the molecule is O=C(CCNC(=O)c1cccc2nccnc12)Nc1ccccc1. The molecule has 0 aliphatic carbocycles. The van der Waals surface area contributed by atoms with Crippen molar-refractivity contribution in [3.8, 4) is 0 Å². The van der Waals surface area contributed by atoms with Gasteiger partial charge in [-0.05, 0) is 24.3 Å². The highest BCUT2D eigenvalue weighted by Crippen LogP contribution is 2.13. The molecule has 0 atom stereocenters. The van der Waals surface area contributed by atoms with Gasteiger partial charge in [-0.1, -0.05) is 24.3 Å². The summed E-state index contributed by atoms with van der Waals surface area (Å²) >= 11 is 0. The third-order valence-electron chi connectivity index (χ3n) is 3.44. The van der Waals surface area contributed by atoms with Gasteiger partial charge in [-0.25, -0.2) is 0 Å². The summed E-state index contributed by atoms with van der Waals surface area (Å²) < 4.78 is 0. The van der Waals surface area contributed by atoms with E-state index in [9.17, 15) is 9.59 Å². The van der Waals surface area contributed by atoms with Crippen LogP contribution in [0.4, 0.5) is 5.69 Å². The van der Waals surface area contributed by atoms with Crippen molar-refractivity contribution in [2.45, 2.75) is 6.42 Å². The highest BCUT2D eigenvalue weighted by molar-refractivity contribution is 6.04. The van der Waals surface area contributed by atoms with Crippen LogP contribution in [-0.2, 0) is 4.79 Å². The Hall–Kier alpha value is -3.28. The Labute approximate surface area is 138 Å². The maximum absolute atomic E-state index is 12.3. The van der Waals surface area contributed by atoms with Gasteiger partial charge in [-0.3, -0.25) is 19.6 Å². The van der Waals surface area contributed by atoms with Crippen LogP contribution in [0, 0.1) is 0 Å². The number of hydrogen-bond acceptors (Lipinski definition) is 4. The van der Waals surface area contributed by atoms with Crippen molar-refractivity contribution in [1.29, 1.82) is 0 Å². The van der Waals surface area contributed by atoms with E-state index in [0.717, 1.165) is 5.69 Å². The van der Waals surface area contributed by atoms with Gasteiger partial charge in [0.15, 0.2) is 0 Å². The molecule has 0 bridgehead atoms. The predicted molar refractivity (Wildman–Crippen MR) is 91.6 cm³/mol. The van der Waals surface area contributed by atoms with Crippen LogP contribution >= 0.6 is 0 Å². The van der Waals surface area contributed by atoms with E-state index in [0.29, 0.717) is 16.6 Å². The van der Waals surface area contributed by atoms with Gasteiger partial charge in [-0.15, -0.1) is 0 Å². The fraction of sp³-hybridized carbons (Fsp3) is 0.111. The minimum atomic E-state index is -0.270. The summed E-state index contributed by atoms with van der Waals surface area (Å²) in [7, 11) is 0. The van der Waals surface area contributed by atoms with Crippen LogP contribution in [0.2, 0.25) is 0 Å². The van der Waals surface area contributed by atoms with E-state index >= 15 is 0 Å². The van der Waals surface area contributed by atoms with Crippen LogP contribution < -0.4 is 10.6 Å². The lowest BCUT2D eigenvalue weighted by Gasteiger charge is -2.08. The fourth-order valence-corrected chi connectivity index (χ4v) is 2.31. The zero-order valence-electron chi connectivity index (χ0n) is 12.9. The van der Waals surface area contributed by atoms with E-state index in [1.54, 1.807) is 30.6 Å². The molecule has 3 rings (SSSR count). The van der Waals surface area contributed by atoms with E-state index in [1.807, 2.05) is 30.3 Å². The van der Waals surface area contributed by atoms with Crippen LogP contribution in [0.25, 0.3) is 11.0 Å². The molecule has 1 heterocycles. The third-order valence-corrected chi connectivity index (χ3v) is 3.44. The molecule has 1 aromatic heterocycles. The topological polar surface area (TPSA) is 84.0 Å². The second-order valence-electron chi connectivity index (χ2n) is 5.15. The van der Waals surface area contributed by atoms with Gasteiger partial charge in [0.25, 0.3) is 5.91 Å². The number of hydrogen-bond donors (Lipinski definition) is 2. The van der Waals surface area contributed by atoms with Crippen molar-refractivity contribution in [2.24, 2.45) is 0 Å². The van der Waals surface area contributed by atoms with Crippen molar-refractivity contribution in [3.05, 3.63) is 66.5 Å². The van der Waals surface area contributed by atoms with Crippen LogP contribution in [0.3, 0.4) is 0 Å². The average Bonchev–Trinajstić information content (AvgIpc) is 2.62. The quantitative estimate of drug-likeness (QED) is 0.756. The molecular weight excluding hydrogens is 304 g/mol. The molecule has 6 nitrogen and oxygen atoms in total. The second kappa shape index (κ2) is 7.32. The van der Waals surface area contributed by atoms with Crippen molar-refractivity contribution < 1.29 is 9.59 Å². The molecule has 0 radical (unpaired) electrons. The zero-order valence-corrected chi connectivity index (χ0v) is 12.9. The number of carbonyl (C=O) groups excluding carboxylic acids is 2. The molecule has 0 saturated heterocycles. The summed E-state index contributed by atoms with van der Waals surface area (Å²) in [5.74, 6) is -0.423. The third kappa shape index (κ3) is 3.73. The van der Waals surface area contributed by atoms with Crippen molar-refractivity contribution >= 4 is 28.5 Å². The number of nitrogens with zero attached hydrogens (tertiary/aromatic N) is 2. The summed E-state index contributed by atoms with van der Waals surface area (Å²) in [6, 6.07) is 14.4. The average molecular weight is 320 g/mol. The minimum Gasteiger partial charge on any atom is -0.351 e. The van der Waals surface area contributed by atoms with Gasteiger partial charge in [0, 0.05) is 31.0 Å². The number of aromatic nitrogens is 2. The number of nitrogens with one attached hydrogen (secondary N) is 2. The number of anilines is 1. The number of benzene rings is 2. The van der Waals surface area contributed by atoms with Gasteiger partial charge >= 0.3 is 0 Å². The normalized spacial score (nSPS) is 10.3. The first-order chi connectivity index (χ1) is 11.7. The number of rotatable bonds is 5. The smallest absolute Gasteiger partial charge is 0.253 e. The van der Waals surface area contributed by atoms with Gasteiger partial charge in [0.2, 0.25) is 5.91 Å². The van der Waals surface area contributed by atoms with Gasteiger partial charge in [-0.2, -0.15) is 0 Å². The minimum absolute atomic E-state index is 0.154. The van der Waals surface area contributed by atoms with Gasteiger partial charge in [0.05, 0.1) is 11.1 Å². The lowest BCUT2D eigenvalue weighted by molar-refractivity contribution is -0.116. The molecular formula is C18H16N4O2. The van der Waals surface area contributed by atoms with E-state index in [2.05, 4.69) is 20.6 Å². The van der Waals surface area contributed by atoms with Crippen molar-refractivity contribution in [2.75, 3.05) is 11.9 Å². The van der Waals surface area contributed by atoms with Crippen molar-refractivity contribution in [1.82, 2.24) is 15.3 Å². The van der Waals surface area contributed by atoms with Gasteiger partial charge < -0.3 is 10.6 Å². The Kier molecular flexibility index (Phi) is 4.76. The Morgan fingerprint density at radius 2 is 1.71 bits per heavy atom. The molecule has 2 aromatic carbocycles. The molecule has 120 valence electrons. The first-order valence-electron chi connectivity index (χ1n) is 7.57. The summed E-state index contributed by atoms with van der Waals surface area (Å²) in [5, 5.41) is 5.51. The summed E-state index contributed by atoms with van der Waals surface area (Å²) in [6.45, 7) is 0.244. The molecule has 0 fully saturated rings. The number of fused-ring (bicyclic) bond motifs is 1. The zero-order chi connectivity index (χ0) is 16.8. The predicted octanol–water partition coefficient (Wildman–Crippen LogP) is 2.39. The maximum Gasteiger partial charge on any atom is 0.253 e. The summed E-state index contributed by atoms with van der Waals surface area (Å²) in [5.41, 5.74) is 2.39. The lowest BCUT2D eigenvalue weighted by Crippen LogP contribution is -2.28. The standard InChI is InChI=1S/C18H16N4O2/c23-16(22-13-5-2-1-3-6-13)9-10-21-18(24)14-7-4-8-15-17(14)20-12-11-19-15/h1-8,11-12H,9-10H2,(H,21,24)(H,22,23). The Morgan fingerprint density at radius 1 is 0.917 bits per heavy atom. The largest absolute Gasteiger partial charge is 0.351 e. The summed E-state index contributed by atoms with van der Waals surface area (Å²) in [4.78, 5) is 32.5. The maximum atomic E-state index is 12.3. The number of para-hydroxylation sites is 2. The van der Waals surface area contributed by atoms with Crippen molar-refractivity contribution in [3.63, 3.8) is 0 Å². The highest BCUT2D eigenvalue weighted by atomic mass is 16.2. The molecule has 24 heavy (non-hydrogen) atoms. The Balaban J connectivity index is 1.56. The van der Waals surface area contributed by atoms with E-state index in [4.69, 9.17) is 0 Å². The van der Waals surface area contributed by atoms with Crippen LogP contribution in [-0.4, -0.2) is 28.3 Å². The molecule has 0 saturated carbocycles. The molecule has 0 aliphatic heterocycles. The molecule has 0 spiro atoms. The Bertz CT molecular complexity index is 860. The van der Waals surface area contributed by atoms with Crippen LogP contribution in [0.15, 0.2) is 60.9 Å². The highest BCUT2D eigenvalue weighted by Gasteiger charge is 2.11. The molecule has 2 amide bonds. The van der Waals surface area contributed by atoms with Crippen LogP contribution in [0.5, 0.6) is 0 Å². The van der Waals surface area contributed by atoms with E-state index < -0.39 is 0 Å².